The van der Waals surface area contributed by atoms with E-state index in [1.54, 1.807) is 7.05 Å². The molecule has 0 aliphatic heterocycles. The Morgan fingerprint density at radius 1 is 1.46 bits per heavy atom. The van der Waals surface area contributed by atoms with E-state index >= 15 is 0 Å². The maximum atomic E-state index is 5.81. The Balaban J connectivity index is 4.18. The molecule has 0 spiro atoms. The Morgan fingerprint density at radius 3 is 2.46 bits per heavy atom. The summed E-state index contributed by atoms with van der Waals surface area (Å²) in [6.07, 6.45) is 3.49. The minimum atomic E-state index is 0.496. The first kappa shape index (κ1) is 12.3. The van der Waals surface area contributed by atoms with Crippen molar-refractivity contribution in [3.8, 4) is 0 Å². The molecule has 0 rings (SSSR count). The summed E-state index contributed by atoms with van der Waals surface area (Å²) in [5.74, 6) is 0.669. The number of nitrogens with two attached hydrogens (primary N) is 1. The fraction of sp³-hybridized carbons (Fsp3) is 0.900. The average molecular weight is 185 g/mol. The van der Waals surface area contributed by atoms with Gasteiger partial charge in [0.2, 0.25) is 0 Å². The maximum Gasteiger partial charge on any atom is 0.191 e. The third-order valence-corrected chi connectivity index (χ3v) is 2.40. The number of hydrogen-bond donors (Lipinski definition) is 1. The molecule has 0 bridgehead atoms. The first-order chi connectivity index (χ1) is 6.17. The average Bonchev–Trinajstić information content (AvgIpc) is 2.17. The largest absolute Gasteiger partial charge is 0.370 e. The first-order valence-electron chi connectivity index (χ1n) is 5.16. The van der Waals surface area contributed by atoms with Gasteiger partial charge >= 0.3 is 0 Å². The molecule has 0 aliphatic rings. The molecule has 0 aliphatic carbocycles. The quantitative estimate of drug-likeness (QED) is 0.524. The molecule has 0 aromatic carbocycles. The summed E-state index contributed by atoms with van der Waals surface area (Å²) in [7, 11) is 1.75. The summed E-state index contributed by atoms with van der Waals surface area (Å²) in [4.78, 5) is 6.22. The van der Waals surface area contributed by atoms with Gasteiger partial charge in [-0.1, -0.05) is 20.3 Å². The normalized spacial score (nSPS) is 14.3. The second-order valence-corrected chi connectivity index (χ2v) is 3.39. The number of rotatable bonds is 5. The van der Waals surface area contributed by atoms with Gasteiger partial charge in [0, 0.05) is 19.6 Å². The molecule has 1 unspecified atom stereocenters. The summed E-state index contributed by atoms with van der Waals surface area (Å²) < 4.78 is 0. The van der Waals surface area contributed by atoms with Crippen molar-refractivity contribution in [2.24, 2.45) is 10.7 Å². The van der Waals surface area contributed by atoms with Crippen LogP contribution in [0.3, 0.4) is 0 Å². The lowest BCUT2D eigenvalue weighted by Gasteiger charge is -2.29. The molecular formula is C10H23N3. The minimum Gasteiger partial charge on any atom is -0.370 e. The fourth-order valence-electron chi connectivity index (χ4n) is 1.24. The van der Waals surface area contributed by atoms with Crippen LogP contribution in [0, 0.1) is 0 Å². The van der Waals surface area contributed by atoms with Gasteiger partial charge in [-0.3, -0.25) is 4.99 Å². The lowest BCUT2D eigenvalue weighted by Crippen LogP contribution is -2.43. The molecule has 0 fully saturated rings. The molecule has 0 aromatic rings. The van der Waals surface area contributed by atoms with Crippen LogP contribution in [0.2, 0.25) is 0 Å². The van der Waals surface area contributed by atoms with Crippen LogP contribution >= 0.6 is 0 Å². The van der Waals surface area contributed by atoms with Crippen LogP contribution in [0.15, 0.2) is 4.99 Å². The van der Waals surface area contributed by atoms with Crippen molar-refractivity contribution >= 4 is 5.96 Å². The third kappa shape index (κ3) is 4.15. The van der Waals surface area contributed by atoms with Crippen molar-refractivity contribution in [2.45, 2.75) is 46.1 Å². The number of hydrogen-bond acceptors (Lipinski definition) is 1. The van der Waals surface area contributed by atoms with E-state index < -0.39 is 0 Å². The van der Waals surface area contributed by atoms with Gasteiger partial charge in [-0.25, -0.2) is 0 Å². The van der Waals surface area contributed by atoms with Crippen LogP contribution in [-0.4, -0.2) is 30.5 Å². The van der Waals surface area contributed by atoms with Crippen LogP contribution in [0.25, 0.3) is 0 Å². The SMILES string of the molecule is CCCCN(C(N)=NC)C(C)CC. The topological polar surface area (TPSA) is 41.6 Å². The van der Waals surface area contributed by atoms with Crippen LogP contribution in [-0.2, 0) is 0 Å². The summed E-state index contributed by atoms with van der Waals surface area (Å²) in [5, 5.41) is 0. The molecular weight excluding hydrogens is 162 g/mol. The Bertz CT molecular complexity index is 154. The molecule has 0 aromatic heterocycles. The van der Waals surface area contributed by atoms with Gasteiger partial charge in [0.15, 0.2) is 5.96 Å². The van der Waals surface area contributed by atoms with Gasteiger partial charge in [-0.05, 0) is 19.8 Å². The van der Waals surface area contributed by atoms with Crippen molar-refractivity contribution in [3.63, 3.8) is 0 Å². The van der Waals surface area contributed by atoms with E-state index in [1.165, 1.54) is 12.8 Å². The zero-order chi connectivity index (χ0) is 10.3. The number of guanidine groups is 1. The zero-order valence-corrected chi connectivity index (χ0v) is 9.38. The summed E-state index contributed by atoms with van der Waals surface area (Å²) >= 11 is 0. The molecule has 13 heavy (non-hydrogen) atoms. The van der Waals surface area contributed by atoms with Crippen LogP contribution in [0.4, 0.5) is 0 Å². The first-order valence-corrected chi connectivity index (χ1v) is 5.16. The molecule has 1 atom stereocenters. The Hall–Kier alpha value is -0.730. The fourth-order valence-corrected chi connectivity index (χ4v) is 1.24. The number of aliphatic imine (C=N–C) groups is 1. The Labute approximate surface area is 82.0 Å². The van der Waals surface area contributed by atoms with E-state index in [0.29, 0.717) is 12.0 Å². The van der Waals surface area contributed by atoms with Gasteiger partial charge in [0.1, 0.15) is 0 Å². The van der Waals surface area contributed by atoms with Crippen molar-refractivity contribution in [2.75, 3.05) is 13.6 Å². The monoisotopic (exact) mass is 185 g/mol. The van der Waals surface area contributed by atoms with Crippen LogP contribution < -0.4 is 5.73 Å². The van der Waals surface area contributed by atoms with E-state index in [0.717, 1.165) is 13.0 Å². The standard InChI is InChI=1S/C10H23N3/c1-5-7-8-13(9(3)6-2)10(11)12-4/h9H,5-8H2,1-4H3,(H2,11,12). The van der Waals surface area contributed by atoms with E-state index in [-0.39, 0.29) is 0 Å². The van der Waals surface area contributed by atoms with Crippen molar-refractivity contribution in [1.29, 1.82) is 0 Å². The number of unbranched alkanes of at least 4 members (excludes halogenated alkanes) is 1. The van der Waals surface area contributed by atoms with E-state index in [4.69, 9.17) is 5.73 Å². The second-order valence-electron chi connectivity index (χ2n) is 3.39. The molecule has 2 N–H and O–H groups in total. The lowest BCUT2D eigenvalue weighted by atomic mass is 10.2. The van der Waals surface area contributed by atoms with Gasteiger partial charge in [-0.2, -0.15) is 0 Å². The van der Waals surface area contributed by atoms with E-state index in [2.05, 4.69) is 30.7 Å². The summed E-state index contributed by atoms with van der Waals surface area (Å²) in [5.41, 5.74) is 5.81. The molecule has 3 nitrogen and oxygen atoms in total. The van der Waals surface area contributed by atoms with Gasteiger partial charge in [0.05, 0.1) is 0 Å². The van der Waals surface area contributed by atoms with Crippen molar-refractivity contribution in [3.05, 3.63) is 0 Å². The zero-order valence-electron chi connectivity index (χ0n) is 9.38. The highest BCUT2D eigenvalue weighted by molar-refractivity contribution is 5.78. The maximum absolute atomic E-state index is 5.81. The molecule has 0 amide bonds. The molecule has 3 heteroatoms. The predicted molar refractivity (Wildman–Crippen MR) is 58.9 cm³/mol. The number of nitrogens with zero attached hydrogens (tertiary/aromatic N) is 2. The van der Waals surface area contributed by atoms with Crippen molar-refractivity contribution < 1.29 is 0 Å². The summed E-state index contributed by atoms with van der Waals surface area (Å²) in [6, 6.07) is 0.496. The Kier molecular flexibility index (Phi) is 6.37. The molecule has 0 saturated heterocycles. The van der Waals surface area contributed by atoms with Gasteiger partial charge in [-0.15, -0.1) is 0 Å². The highest BCUT2D eigenvalue weighted by atomic mass is 15.3. The second kappa shape index (κ2) is 6.75. The van der Waals surface area contributed by atoms with Crippen molar-refractivity contribution in [1.82, 2.24) is 4.90 Å². The smallest absolute Gasteiger partial charge is 0.191 e. The van der Waals surface area contributed by atoms with Gasteiger partial charge in [0.25, 0.3) is 0 Å². The molecule has 0 radical (unpaired) electrons. The molecule has 0 heterocycles. The van der Waals surface area contributed by atoms with E-state index in [1.807, 2.05) is 0 Å². The van der Waals surface area contributed by atoms with Crippen LogP contribution in [0.1, 0.15) is 40.0 Å². The van der Waals surface area contributed by atoms with E-state index in [9.17, 15) is 0 Å². The minimum absolute atomic E-state index is 0.496. The highest BCUT2D eigenvalue weighted by Gasteiger charge is 2.12. The third-order valence-electron chi connectivity index (χ3n) is 2.40. The lowest BCUT2D eigenvalue weighted by molar-refractivity contribution is 0.313. The van der Waals surface area contributed by atoms with Crippen LogP contribution in [0.5, 0.6) is 0 Å². The predicted octanol–water partition coefficient (Wildman–Crippen LogP) is 1.83. The Morgan fingerprint density at radius 2 is 2.08 bits per heavy atom. The molecule has 0 saturated carbocycles. The highest BCUT2D eigenvalue weighted by Crippen LogP contribution is 2.04. The van der Waals surface area contributed by atoms with Gasteiger partial charge < -0.3 is 10.6 Å². The summed E-state index contributed by atoms with van der Waals surface area (Å²) in [6.45, 7) is 7.57. The molecule has 78 valence electrons.